The Morgan fingerprint density at radius 1 is 1.40 bits per heavy atom. The summed E-state index contributed by atoms with van der Waals surface area (Å²) in [6.07, 6.45) is 4.27. The van der Waals surface area contributed by atoms with Gasteiger partial charge in [-0.2, -0.15) is 0 Å². The van der Waals surface area contributed by atoms with Crippen molar-refractivity contribution in [3.8, 4) is 0 Å². The van der Waals surface area contributed by atoms with Gasteiger partial charge in [0.2, 0.25) is 0 Å². The summed E-state index contributed by atoms with van der Waals surface area (Å²) in [7, 11) is 0. The molecule has 0 bridgehead atoms. The molecule has 0 aromatic rings. The zero-order chi connectivity index (χ0) is 11.2. The van der Waals surface area contributed by atoms with Gasteiger partial charge in [0.15, 0.2) is 0 Å². The van der Waals surface area contributed by atoms with Crippen molar-refractivity contribution in [3.63, 3.8) is 0 Å². The summed E-state index contributed by atoms with van der Waals surface area (Å²) in [5, 5.41) is 9.50. The van der Waals surface area contributed by atoms with E-state index in [4.69, 9.17) is 10.5 Å². The van der Waals surface area contributed by atoms with Crippen LogP contribution in [0, 0.1) is 10.8 Å². The first kappa shape index (κ1) is 11.4. The number of nitrogens with two attached hydrogens (primary N) is 1. The SMILES string of the molecule is CCC1(C)CC2(CCO1)CC2(CN)CO. The second-order valence-electron chi connectivity index (χ2n) is 5.68. The Morgan fingerprint density at radius 2 is 2.13 bits per heavy atom. The minimum Gasteiger partial charge on any atom is -0.396 e. The molecule has 2 rings (SSSR count). The Bertz CT molecular complexity index is 252. The van der Waals surface area contributed by atoms with Crippen molar-refractivity contribution in [2.75, 3.05) is 19.8 Å². The normalized spacial score (nSPS) is 49.6. The van der Waals surface area contributed by atoms with Gasteiger partial charge in [-0.3, -0.25) is 0 Å². The fraction of sp³-hybridized carbons (Fsp3) is 1.00. The van der Waals surface area contributed by atoms with Crippen molar-refractivity contribution in [2.24, 2.45) is 16.6 Å². The first-order valence-electron chi connectivity index (χ1n) is 6.00. The lowest BCUT2D eigenvalue weighted by molar-refractivity contribution is -0.103. The van der Waals surface area contributed by atoms with Crippen LogP contribution < -0.4 is 5.73 Å². The van der Waals surface area contributed by atoms with Crippen molar-refractivity contribution in [2.45, 2.75) is 45.1 Å². The molecule has 0 aromatic carbocycles. The van der Waals surface area contributed by atoms with Crippen LogP contribution in [0.5, 0.6) is 0 Å². The summed E-state index contributed by atoms with van der Waals surface area (Å²) >= 11 is 0. The molecule has 1 aliphatic carbocycles. The standard InChI is InChI=1S/C12H23NO2/c1-3-10(2)6-11(4-5-15-10)7-12(11,8-13)9-14/h14H,3-9,13H2,1-2H3. The molecule has 0 aromatic heterocycles. The molecule has 3 heteroatoms. The molecule has 3 nitrogen and oxygen atoms in total. The summed E-state index contributed by atoms with van der Waals surface area (Å²) in [6.45, 7) is 6.04. The Morgan fingerprint density at radius 3 is 2.60 bits per heavy atom. The second-order valence-corrected chi connectivity index (χ2v) is 5.68. The van der Waals surface area contributed by atoms with Crippen LogP contribution in [0.25, 0.3) is 0 Å². The quantitative estimate of drug-likeness (QED) is 0.743. The monoisotopic (exact) mass is 213 g/mol. The maximum absolute atomic E-state index is 9.50. The van der Waals surface area contributed by atoms with E-state index in [0.29, 0.717) is 6.54 Å². The second kappa shape index (κ2) is 3.44. The zero-order valence-electron chi connectivity index (χ0n) is 9.88. The van der Waals surface area contributed by atoms with Gasteiger partial charge < -0.3 is 15.6 Å². The average molecular weight is 213 g/mol. The van der Waals surface area contributed by atoms with Gasteiger partial charge in [-0.15, -0.1) is 0 Å². The summed E-state index contributed by atoms with van der Waals surface area (Å²) in [4.78, 5) is 0. The van der Waals surface area contributed by atoms with Crippen LogP contribution in [0.3, 0.4) is 0 Å². The molecular formula is C12H23NO2. The number of aliphatic hydroxyl groups is 1. The van der Waals surface area contributed by atoms with Gasteiger partial charge in [0.25, 0.3) is 0 Å². The molecule has 0 radical (unpaired) electrons. The van der Waals surface area contributed by atoms with Gasteiger partial charge in [-0.25, -0.2) is 0 Å². The van der Waals surface area contributed by atoms with E-state index >= 15 is 0 Å². The van der Waals surface area contributed by atoms with Crippen LogP contribution in [0.2, 0.25) is 0 Å². The highest BCUT2D eigenvalue weighted by Crippen LogP contribution is 2.70. The van der Waals surface area contributed by atoms with E-state index in [-0.39, 0.29) is 23.0 Å². The molecule has 1 heterocycles. The highest BCUT2D eigenvalue weighted by molar-refractivity contribution is 5.17. The van der Waals surface area contributed by atoms with E-state index in [1.807, 2.05) is 0 Å². The molecule has 3 unspecified atom stereocenters. The van der Waals surface area contributed by atoms with Gasteiger partial charge >= 0.3 is 0 Å². The van der Waals surface area contributed by atoms with Crippen LogP contribution in [-0.2, 0) is 4.74 Å². The lowest BCUT2D eigenvalue weighted by Gasteiger charge is -2.40. The molecule has 3 N–H and O–H groups in total. The van der Waals surface area contributed by atoms with Gasteiger partial charge in [-0.05, 0) is 38.0 Å². The van der Waals surface area contributed by atoms with Crippen molar-refractivity contribution in [3.05, 3.63) is 0 Å². The fourth-order valence-corrected chi connectivity index (χ4v) is 3.36. The van der Waals surface area contributed by atoms with Crippen LogP contribution in [0.15, 0.2) is 0 Å². The first-order chi connectivity index (χ1) is 7.05. The molecular weight excluding hydrogens is 190 g/mol. The third-order valence-electron chi connectivity index (χ3n) is 4.86. The van der Waals surface area contributed by atoms with Crippen LogP contribution in [-0.4, -0.2) is 30.5 Å². The van der Waals surface area contributed by atoms with Crippen LogP contribution in [0.1, 0.15) is 39.5 Å². The zero-order valence-corrected chi connectivity index (χ0v) is 9.88. The predicted octanol–water partition coefficient (Wildman–Crippen LogP) is 1.29. The highest BCUT2D eigenvalue weighted by Gasteiger charge is 2.68. The fourth-order valence-electron chi connectivity index (χ4n) is 3.36. The first-order valence-corrected chi connectivity index (χ1v) is 6.00. The van der Waals surface area contributed by atoms with Crippen molar-refractivity contribution >= 4 is 0 Å². The Balaban J connectivity index is 2.12. The van der Waals surface area contributed by atoms with Crippen molar-refractivity contribution < 1.29 is 9.84 Å². The molecule has 15 heavy (non-hydrogen) atoms. The third kappa shape index (κ3) is 1.52. The molecule has 88 valence electrons. The van der Waals surface area contributed by atoms with Gasteiger partial charge in [0.1, 0.15) is 0 Å². The largest absolute Gasteiger partial charge is 0.396 e. The third-order valence-corrected chi connectivity index (χ3v) is 4.86. The molecule has 2 fully saturated rings. The molecule has 3 atom stereocenters. The minimum atomic E-state index is 0.00431. The molecule has 1 saturated carbocycles. The molecule has 1 saturated heterocycles. The van der Waals surface area contributed by atoms with Gasteiger partial charge in [-0.1, -0.05) is 6.92 Å². The minimum absolute atomic E-state index is 0.00431. The summed E-state index contributed by atoms with van der Waals surface area (Å²) in [6, 6.07) is 0. The van der Waals surface area contributed by atoms with Gasteiger partial charge in [0.05, 0.1) is 12.2 Å². The van der Waals surface area contributed by atoms with E-state index in [9.17, 15) is 5.11 Å². The molecule has 1 spiro atoms. The summed E-state index contributed by atoms with van der Waals surface area (Å²) in [5.41, 5.74) is 6.10. The Labute approximate surface area is 92.0 Å². The number of hydrogen-bond donors (Lipinski definition) is 2. The number of ether oxygens (including phenoxy) is 1. The van der Waals surface area contributed by atoms with Crippen molar-refractivity contribution in [1.82, 2.24) is 0 Å². The maximum atomic E-state index is 9.50. The van der Waals surface area contributed by atoms with Crippen molar-refractivity contribution in [1.29, 1.82) is 0 Å². The van der Waals surface area contributed by atoms with E-state index in [1.165, 1.54) is 0 Å². The predicted molar refractivity (Wildman–Crippen MR) is 59.5 cm³/mol. The summed E-state index contributed by atoms with van der Waals surface area (Å²) < 4.78 is 5.85. The van der Waals surface area contributed by atoms with E-state index < -0.39 is 0 Å². The van der Waals surface area contributed by atoms with Gasteiger partial charge in [0, 0.05) is 18.6 Å². The molecule has 0 amide bonds. The Hall–Kier alpha value is -0.120. The molecule has 1 aliphatic heterocycles. The number of hydrogen-bond acceptors (Lipinski definition) is 3. The molecule has 2 aliphatic rings. The highest BCUT2D eigenvalue weighted by atomic mass is 16.5. The topological polar surface area (TPSA) is 55.5 Å². The summed E-state index contributed by atoms with van der Waals surface area (Å²) in [5.74, 6) is 0. The number of aliphatic hydroxyl groups excluding tert-OH is 1. The maximum Gasteiger partial charge on any atom is 0.0657 e. The smallest absolute Gasteiger partial charge is 0.0657 e. The van der Waals surface area contributed by atoms with E-state index in [1.54, 1.807) is 0 Å². The van der Waals surface area contributed by atoms with E-state index in [0.717, 1.165) is 32.3 Å². The number of rotatable bonds is 3. The van der Waals surface area contributed by atoms with E-state index in [2.05, 4.69) is 13.8 Å². The lowest BCUT2D eigenvalue weighted by atomic mass is 9.77. The van der Waals surface area contributed by atoms with Crippen LogP contribution in [0.4, 0.5) is 0 Å². The van der Waals surface area contributed by atoms with Crippen LogP contribution >= 0.6 is 0 Å². The average Bonchev–Trinajstić information content (AvgIpc) is 2.86. The Kier molecular flexibility index (Phi) is 2.61. The lowest BCUT2D eigenvalue weighted by Crippen LogP contribution is -2.41.